The lowest BCUT2D eigenvalue weighted by atomic mass is 10.1. The molecule has 0 unspecified atom stereocenters. The van der Waals surface area contributed by atoms with E-state index >= 15 is 0 Å². The van der Waals surface area contributed by atoms with Crippen molar-refractivity contribution in [3.05, 3.63) is 35.7 Å². The van der Waals surface area contributed by atoms with Crippen LogP contribution in [0, 0.1) is 13.8 Å². The molecule has 23 heavy (non-hydrogen) atoms. The van der Waals surface area contributed by atoms with Gasteiger partial charge in [0.25, 0.3) is 0 Å². The number of nitrogens with one attached hydrogen (secondary N) is 1. The summed E-state index contributed by atoms with van der Waals surface area (Å²) in [5.74, 6) is 0.535. The molecule has 2 N–H and O–H groups in total. The zero-order valence-corrected chi connectivity index (χ0v) is 13.4. The Morgan fingerprint density at radius 3 is 2.83 bits per heavy atom. The fraction of sp³-hybridized carbons (Fsp3) is 0.412. The summed E-state index contributed by atoms with van der Waals surface area (Å²) in [6.07, 6.45) is 3.60. The normalized spacial score (nSPS) is 13.9. The molecule has 0 bridgehead atoms. The second-order valence-electron chi connectivity index (χ2n) is 5.90. The van der Waals surface area contributed by atoms with Crippen LogP contribution in [0.5, 0.6) is 0 Å². The highest BCUT2D eigenvalue weighted by atomic mass is 16.3. The van der Waals surface area contributed by atoms with Gasteiger partial charge in [0.05, 0.1) is 12.3 Å². The number of carbonyl (C=O) groups excluding carboxylic acids is 1. The molecule has 1 saturated carbocycles. The fourth-order valence-corrected chi connectivity index (χ4v) is 2.51. The van der Waals surface area contributed by atoms with Crippen LogP contribution < -0.4 is 5.32 Å². The molecule has 6 heteroatoms. The number of carbonyl (C=O) groups is 1. The van der Waals surface area contributed by atoms with Gasteiger partial charge in [-0.25, -0.2) is 9.78 Å². The van der Waals surface area contributed by atoms with Crippen molar-refractivity contribution in [3.63, 3.8) is 0 Å². The largest absolute Gasteiger partial charge is 0.444 e. The standard InChI is InChI=1S/C17H21N3O3/c1-11-3-4-13(16-18-12(2)10-23-16)9-15(11)19-17(22)20(7-8-21)14-5-6-14/h3-4,9-10,14,21H,5-8H2,1-2H3,(H,19,22). The van der Waals surface area contributed by atoms with Crippen molar-refractivity contribution in [2.24, 2.45) is 0 Å². The second kappa shape index (κ2) is 6.42. The van der Waals surface area contributed by atoms with Gasteiger partial charge in [0.2, 0.25) is 5.89 Å². The summed E-state index contributed by atoms with van der Waals surface area (Å²) in [5.41, 5.74) is 3.32. The molecule has 1 aromatic carbocycles. The van der Waals surface area contributed by atoms with Gasteiger partial charge in [0.1, 0.15) is 6.26 Å². The number of rotatable bonds is 5. The number of aliphatic hydroxyl groups excluding tert-OH is 1. The molecule has 0 radical (unpaired) electrons. The van der Waals surface area contributed by atoms with Crippen molar-refractivity contribution in [2.45, 2.75) is 32.7 Å². The van der Waals surface area contributed by atoms with Crippen molar-refractivity contribution in [1.29, 1.82) is 0 Å². The van der Waals surface area contributed by atoms with Crippen LogP contribution in [-0.4, -0.2) is 40.2 Å². The summed E-state index contributed by atoms with van der Waals surface area (Å²) in [5, 5.41) is 12.1. The minimum Gasteiger partial charge on any atom is -0.444 e. The molecule has 1 aromatic heterocycles. The molecule has 2 aromatic rings. The van der Waals surface area contributed by atoms with Gasteiger partial charge < -0.3 is 19.7 Å². The Kier molecular flexibility index (Phi) is 4.34. The van der Waals surface area contributed by atoms with Crippen LogP contribution in [-0.2, 0) is 0 Å². The van der Waals surface area contributed by atoms with E-state index in [1.165, 1.54) is 0 Å². The van der Waals surface area contributed by atoms with Crippen LogP contribution >= 0.6 is 0 Å². The van der Waals surface area contributed by atoms with E-state index in [9.17, 15) is 4.79 Å². The second-order valence-corrected chi connectivity index (χ2v) is 5.90. The first-order valence-corrected chi connectivity index (χ1v) is 7.80. The molecule has 1 heterocycles. The predicted molar refractivity (Wildman–Crippen MR) is 87.2 cm³/mol. The van der Waals surface area contributed by atoms with Gasteiger partial charge >= 0.3 is 6.03 Å². The molecular formula is C17H21N3O3. The van der Waals surface area contributed by atoms with Crippen molar-refractivity contribution < 1.29 is 14.3 Å². The third-order valence-electron chi connectivity index (χ3n) is 3.93. The highest BCUT2D eigenvalue weighted by Gasteiger charge is 2.32. The Balaban J connectivity index is 1.80. The van der Waals surface area contributed by atoms with Crippen LogP contribution in [0.15, 0.2) is 28.9 Å². The van der Waals surface area contributed by atoms with E-state index in [2.05, 4.69) is 10.3 Å². The molecule has 0 spiro atoms. The summed E-state index contributed by atoms with van der Waals surface area (Å²) in [7, 11) is 0. The Morgan fingerprint density at radius 1 is 1.43 bits per heavy atom. The first-order chi connectivity index (χ1) is 11.1. The molecule has 0 saturated heterocycles. The molecule has 0 atom stereocenters. The van der Waals surface area contributed by atoms with Gasteiger partial charge in [-0.3, -0.25) is 0 Å². The van der Waals surface area contributed by atoms with Crippen LogP contribution in [0.4, 0.5) is 10.5 Å². The number of hydrogen-bond donors (Lipinski definition) is 2. The summed E-state index contributed by atoms with van der Waals surface area (Å²) >= 11 is 0. The lowest BCUT2D eigenvalue weighted by Gasteiger charge is -2.22. The smallest absolute Gasteiger partial charge is 0.322 e. The number of nitrogens with zero attached hydrogens (tertiary/aromatic N) is 2. The van der Waals surface area contributed by atoms with Crippen LogP contribution in [0.1, 0.15) is 24.1 Å². The maximum absolute atomic E-state index is 12.5. The molecule has 1 fully saturated rings. The van der Waals surface area contributed by atoms with Crippen molar-refractivity contribution >= 4 is 11.7 Å². The topological polar surface area (TPSA) is 78.6 Å². The van der Waals surface area contributed by atoms with Gasteiger partial charge in [-0.05, 0) is 44.4 Å². The fourth-order valence-electron chi connectivity index (χ4n) is 2.51. The van der Waals surface area contributed by atoms with Crippen LogP contribution in [0.25, 0.3) is 11.5 Å². The monoisotopic (exact) mass is 315 g/mol. The van der Waals surface area contributed by atoms with E-state index in [1.807, 2.05) is 32.0 Å². The Hall–Kier alpha value is -2.34. The average molecular weight is 315 g/mol. The maximum Gasteiger partial charge on any atom is 0.322 e. The minimum atomic E-state index is -0.176. The lowest BCUT2D eigenvalue weighted by molar-refractivity contribution is 0.185. The Morgan fingerprint density at radius 2 is 2.22 bits per heavy atom. The predicted octanol–water partition coefficient (Wildman–Crippen LogP) is 2.95. The van der Waals surface area contributed by atoms with Crippen LogP contribution in [0.2, 0.25) is 0 Å². The molecular weight excluding hydrogens is 294 g/mol. The molecule has 6 nitrogen and oxygen atoms in total. The molecule has 0 aliphatic heterocycles. The van der Waals surface area contributed by atoms with E-state index in [4.69, 9.17) is 9.52 Å². The van der Waals surface area contributed by atoms with E-state index in [1.54, 1.807) is 11.2 Å². The summed E-state index contributed by atoms with van der Waals surface area (Å²) in [6, 6.07) is 5.79. The highest BCUT2D eigenvalue weighted by Crippen LogP contribution is 2.29. The first-order valence-electron chi connectivity index (χ1n) is 7.80. The molecule has 2 amide bonds. The zero-order chi connectivity index (χ0) is 16.4. The van der Waals surface area contributed by atoms with E-state index in [0.29, 0.717) is 12.4 Å². The Bertz CT molecular complexity index is 707. The lowest BCUT2D eigenvalue weighted by Crippen LogP contribution is -2.38. The van der Waals surface area contributed by atoms with E-state index in [0.717, 1.165) is 35.3 Å². The van der Waals surface area contributed by atoms with E-state index in [-0.39, 0.29) is 18.7 Å². The number of amides is 2. The van der Waals surface area contributed by atoms with Gasteiger partial charge in [0.15, 0.2) is 0 Å². The van der Waals surface area contributed by atoms with Gasteiger partial charge in [-0.2, -0.15) is 0 Å². The number of oxazole rings is 1. The van der Waals surface area contributed by atoms with Crippen molar-refractivity contribution in [3.8, 4) is 11.5 Å². The first kappa shape index (κ1) is 15.6. The number of urea groups is 1. The quantitative estimate of drug-likeness (QED) is 0.889. The number of benzene rings is 1. The van der Waals surface area contributed by atoms with Gasteiger partial charge in [-0.1, -0.05) is 6.07 Å². The molecule has 122 valence electrons. The summed E-state index contributed by atoms with van der Waals surface area (Å²) in [6.45, 7) is 4.13. The summed E-state index contributed by atoms with van der Waals surface area (Å²) in [4.78, 5) is 18.5. The summed E-state index contributed by atoms with van der Waals surface area (Å²) < 4.78 is 5.42. The third kappa shape index (κ3) is 3.53. The third-order valence-corrected chi connectivity index (χ3v) is 3.93. The van der Waals surface area contributed by atoms with Gasteiger partial charge in [0, 0.05) is 23.8 Å². The van der Waals surface area contributed by atoms with E-state index < -0.39 is 0 Å². The average Bonchev–Trinajstić information content (AvgIpc) is 3.27. The number of aryl methyl sites for hydroxylation is 2. The molecule has 1 aliphatic carbocycles. The SMILES string of the molecule is Cc1coc(-c2ccc(C)c(NC(=O)N(CCO)C3CC3)c2)n1. The number of anilines is 1. The van der Waals surface area contributed by atoms with Crippen molar-refractivity contribution in [1.82, 2.24) is 9.88 Å². The van der Waals surface area contributed by atoms with Crippen molar-refractivity contribution in [2.75, 3.05) is 18.5 Å². The zero-order valence-electron chi connectivity index (χ0n) is 13.4. The highest BCUT2D eigenvalue weighted by molar-refractivity contribution is 5.91. The Labute approximate surface area is 135 Å². The maximum atomic E-state index is 12.5. The van der Waals surface area contributed by atoms with Crippen LogP contribution in [0.3, 0.4) is 0 Å². The number of aromatic nitrogens is 1. The number of hydrogen-bond acceptors (Lipinski definition) is 4. The minimum absolute atomic E-state index is 0.0292. The number of aliphatic hydroxyl groups is 1. The molecule has 3 rings (SSSR count). The van der Waals surface area contributed by atoms with Gasteiger partial charge in [-0.15, -0.1) is 0 Å². The molecule has 1 aliphatic rings.